The zero-order valence-electron chi connectivity index (χ0n) is 13.9. The van der Waals surface area contributed by atoms with Gasteiger partial charge in [-0.05, 0) is 36.4 Å². The van der Waals surface area contributed by atoms with E-state index >= 15 is 0 Å². The summed E-state index contributed by atoms with van der Waals surface area (Å²) < 4.78 is 15.1. The first-order valence-corrected chi connectivity index (χ1v) is 8.31. The summed E-state index contributed by atoms with van der Waals surface area (Å²) in [6.07, 6.45) is 1.48. The first kappa shape index (κ1) is 18.4. The predicted molar refractivity (Wildman–Crippen MR) is 100 cm³/mol. The van der Waals surface area contributed by atoms with Gasteiger partial charge < -0.3 is 9.88 Å². The third-order valence-corrected chi connectivity index (χ3v) is 4.15. The van der Waals surface area contributed by atoms with Gasteiger partial charge in [-0.1, -0.05) is 29.8 Å². The number of nitrogens with one attached hydrogen (secondary N) is 1. The van der Waals surface area contributed by atoms with Crippen LogP contribution in [0.25, 0.3) is 0 Å². The van der Waals surface area contributed by atoms with E-state index in [2.05, 4.69) is 5.32 Å². The minimum Gasteiger partial charge on any atom is -0.321 e. The average molecular weight is 382 g/mol. The van der Waals surface area contributed by atoms with Gasteiger partial charge in [-0.25, -0.2) is 4.39 Å². The Kier molecular flexibility index (Phi) is 5.34. The summed E-state index contributed by atoms with van der Waals surface area (Å²) in [6, 6.07) is 15.4. The SMILES string of the molecule is N#Cc1ccc(Cl)cc1NC(=O)c1cccn(Cc2ccccc2F)c1=O. The minimum atomic E-state index is -0.679. The fourth-order valence-electron chi connectivity index (χ4n) is 2.55. The third-order valence-electron chi connectivity index (χ3n) is 3.91. The molecular weight excluding hydrogens is 369 g/mol. The summed E-state index contributed by atoms with van der Waals surface area (Å²) in [6.45, 7) is -0.00671. The molecule has 27 heavy (non-hydrogen) atoms. The summed E-state index contributed by atoms with van der Waals surface area (Å²) >= 11 is 5.90. The van der Waals surface area contributed by atoms with Crippen LogP contribution < -0.4 is 10.9 Å². The molecule has 134 valence electrons. The predicted octanol–water partition coefficient (Wildman–Crippen LogP) is 3.81. The molecule has 1 N–H and O–H groups in total. The maximum Gasteiger partial charge on any atom is 0.263 e. The lowest BCUT2D eigenvalue weighted by molar-refractivity contribution is 0.102. The number of nitriles is 1. The number of hydrogen-bond donors (Lipinski definition) is 1. The van der Waals surface area contributed by atoms with Crippen LogP contribution in [0.15, 0.2) is 65.6 Å². The summed E-state index contributed by atoms with van der Waals surface area (Å²) in [4.78, 5) is 25.2. The Bertz CT molecular complexity index is 1120. The van der Waals surface area contributed by atoms with Gasteiger partial charge in [0.25, 0.3) is 11.5 Å². The smallest absolute Gasteiger partial charge is 0.263 e. The number of aromatic nitrogens is 1. The molecule has 0 unspecified atom stereocenters. The summed E-state index contributed by atoms with van der Waals surface area (Å²) in [5, 5.41) is 12.0. The van der Waals surface area contributed by atoms with Crippen molar-refractivity contribution in [3.8, 4) is 6.07 Å². The molecule has 0 saturated carbocycles. The van der Waals surface area contributed by atoms with Crippen LogP contribution in [0.3, 0.4) is 0 Å². The van der Waals surface area contributed by atoms with Gasteiger partial charge in [0, 0.05) is 16.8 Å². The molecule has 0 bridgehead atoms. The maximum atomic E-state index is 13.8. The number of anilines is 1. The minimum absolute atomic E-state index is 0.00671. The lowest BCUT2D eigenvalue weighted by atomic mass is 10.1. The van der Waals surface area contributed by atoms with E-state index in [0.717, 1.165) is 0 Å². The first-order valence-electron chi connectivity index (χ1n) is 7.93. The molecule has 0 spiro atoms. The van der Waals surface area contributed by atoms with Gasteiger partial charge >= 0.3 is 0 Å². The molecule has 1 aromatic heterocycles. The molecule has 1 heterocycles. The van der Waals surface area contributed by atoms with Crippen molar-refractivity contribution in [2.45, 2.75) is 6.54 Å². The van der Waals surface area contributed by atoms with Crippen molar-refractivity contribution in [2.75, 3.05) is 5.32 Å². The van der Waals surface area contributed by atoms with E-state index in [0.29, 0.717) is 10.6 Å². The fraction of sp³-hybridized carbons (Fsp3) is 0.0500. The number of pyridine rings is 1. The Morgan fingerprint density at radius 3 is 2.70 bits per heavy atom. The molecule has 0 radical (unpaired) electrons. The largest absolute Gasteiger partial charge is 0.321 e. The number of nitrogens with zero attached hydrogens (tertiary/aromatic N) is 2. The summed E-state index contributed by atoms with van der Waals surface area (Å²) in [7, 11) is 0. The highest BCUT2D eigenvalue weighted by atomic mass is 35.5. The van der Waals surface area contributed by atoms with E-state index in [1.165, 1.54) is 47.2 Å². The molecule has 3 aromatic rings. The molecule has 7 heteroatoms. The molecule has 2 aromatic carbocycles. The second-order valence-electron chi connectivity index (χ2n) is 5.70. The van der Waals surface area contributed by atoms with E-state index in [1.54, 1.807) is 18.2 Å². The van der Waals surface area contributed by atoms with Gasteiger partial charge in [-0.3, -0.25) is 9.59 Å². The van der Waals surface area contributed by atoms with Gasteiger partial charge in [0.2, 0.25) is 0 Å². The van der Waals surface area contributed by atoms with E-state index < -0.39 is 17.3 Å². The van der Waals surface area contributed by atoms with Crippen LogP contribution in [0.4, 0.5) is 10.1 Å². The Balaban J connectivity index is 1.91. The van der Waals surface area contributed by atoms with Crippen molar-refractivity contribution in [3.63, 3.8) is 0 Å². The molecule has 0 fully saturated rings. The molecule has 0 aliphatic carbocycles. The van der Waals surface area contributed by atoms with E-state index in [4.69, 9.17) is 16.9 Å². The van der Waals surface area contributed by atoms with E-state index in [1.807, 2.05) is 6.07 Å². The van der Waals surface area contributed by atoms with Gasteiger partial charge in [0.05, 0.1) is 17.8 Å². The van der Waals surface area contributed by atoms with Crippen LogP contribution in [-0.2, 0) is 6.54 Å². The van der Waals surface area contributed by atoms with Crippen LogP contribution in [0.2, 0.25) is 5.02 Å². The quantitative estimate of drug-likeness (QED) is 0.746. The van der Waals surface area contributed by atoms with Crippen molar-refractivity contribution in [1.29, 1.82) is 5.26 Å². The van der Waals surface area contributed by atoms with E-state index in [-0.39, 0.29) is 23.4 Å². The maximum absolute atomic E-state index is 13.8. The van der Waals surface area contributed by atoms with Crippen molar-refractivity contribution < 1.29 is 9.18 Å². The van der Waals surface area contributed by atoms with Crippen molar-refractivity contribution >= 4 is 23.2 Å². The fourth-order valence-corrected chi connectivity index (χ4v) is 2.72. The van der Waals surface area contributed by atoms with Gasteiger partial charge in [-0.2, -0.15) is 5.26 Å². The molecule has 3 rings (SSSR count). The van der Waals surface area contributed by atoms with Gasteiger partial charge in [0.15, 0.2) is 0 Å². The lowest BCUT2D eigenvalue weighted by Crippen LogP contribution is -2.29. The van der Waals surface area contributed by atoms with Crippen LogP contribution in [0.1, 0.15) is 21.5 Å². The topological polar surface area (TPSA) is 74.9 Å². The van der Waals surface area contributed by atoms with Gasteiger partial charge in [-0.15, -0.1) is 0 Å². The Morgan fingerprint density at radius 1 is 1.19 bits per heavy atom. The second kappa shape index (κ2) is 7.85. The lowest BCUT2D eigenvalue weighted by Gasteiger charge is -2.10. The number of hydrogen-bond acceptors (Lipinski definition) is 3. The molecular formula is C20H13ClFN3O2. The van der Waals surface area contributed by atoms with Crippen LogP contribution >= 0.6 is 11.6 Å². The molecule has 0 atom stereocenters. The number of amides is 1. The monoisotopic (exact) mass is 381 g/mol. The second-order valence-corrected chi connectivity index (χ2v) is 6.14. The third kappa shape index (κ3) is 4.05. The average Bonchev–Trinajstić information content (AvgIpc) is 2.65. The Labute approximate surface area is 159 Å². The Morgan fingerprint density at radius 2 is 1.96 bits per heavy atom. The zero-order valence-corrected chi connectivity index (χ0v) is 14.7. The highest BCUT2D eigenvalue weighted by Crippen LogP contribution is 2.20. The van der Waals surface area contributed by atoms with Crippen molar-refractivity contribution in [3.05, 3.63) is 98.7 Å². The normalized spacial score (nSPS) is 10.3. The highest BCUT2D eigenvalue weighted by Gasteiger charge is 2.15. The molecule has 0 aliphatic rings. The van der Waals surface area contributed by atoms with Gasteiger partial charge in [0.1, 0.15) is 17.4 Å². The molecule has 5 nitrogen and oxygen atoms in total. The highest BCUT2D eigenvalue weighted by molar-refractivity contribution is 6.31. The van der Waals surface area contributed by atoms with Crippen molar-refractivity contribution in [2.24, 2.45) is 0 Å². The number of benzene rings is 2. The number of rotatable bonds is 4. The molecule has 1 amide bonds. The summed E-state index contributed by atoms with van der Waals surface area (Å²) in [5.41, 5.74) is 0.0597. The molecule has 0 saturated heterocycles. The standard InChI is InChI=1S/C20H13ClFN3O2/c21-15-8-7-13(11-23)18(10-15)24-19(26)16-5-3-9-25(20(16)27)12-14-4-1-2-6-17(14)22/h1-10H,12H2,(H,24,26). The summed E-state index contributed by atoms with van der Waals surface area (Å²) in [5.74, 6) is -1.11. The van der Waals surface area contributed by atoms with E-state index in [9.17, 15) is 14.0 Å². The zero-order chi connectivity index (χ0) is 19.4. The van der Waals surface area contributed by atoms with Crippen molar-refractivity contribution in [1.82, 2.24) is 4.57 Å². The van der Waals surface area contributed by atoms with Crippen LogP contribution in [0, 0.1) is 17.1 Å². The Hall–Kier alpha value is -3.43. The number of halogens is 2. The van der Waals surface area contributed by atoms with Crippen LogP contribution in [-0.4, -0.2) is 10.5 Å². The number of carbonyl (C=O) groups is 1. The molecule has 0 aliphatic heterocycles. The first-order chi connectivity index (χ1) is 13.0. The number of carbonyl (C=O) groups excluding carboxylic acids is 1. The van der Waals surface area contributed by atoms with Crippen LogP contribution in [0.5, 0.6) is 0 Å².